The third-order valence-electron chi connectivity index (χ3n) is 7.43. The van der Waals surface area contributed by atoms with Crippen LogP contribution in [0.15, 0.2) is 73.3 Å². The molecule has 4 heterocycles. The summed E-state index contributed by atoms with van der Waals surface area (Å²) in [6.07, 6.45) is 9.10. The zero-order chi connectivity index (χ0) is 26.2. The van der Waals surface area contributed by atoms with Gasteiger partial charge in [0.1, 0.15) is 0 Å². The average Bonchev–Trinajstić information content (AvgIpc) is 3.33. The van der Waals surface area contributed by atoms with Crippen LogP contribution in [0.2, 0.25) is 0 Å². The van der Waals surface area contributed by atoms with E-state index in [9.17, 15) is 10.1 Å². The van der Waals surface area contributed by atoms with E-state index in [-0.39, 0.29) is 11.8 Å². The second-order valence-electron chi connectivity index (χ2n) is 10.3. The number of amides is 1. The number of aromatic amines is 1. The first-order valence-electron chi connectivity index (χ1n) is 12.8. The van der Waals surface area contributed by atoms with Gasteiger partial charge >= 0.3 is 0 Å². The van der Waals surface area contributed by atoms with Crippen molar-refractivity contribution in [3.8, 4) is 17.2 Å². The molecule has 1 atom stereocenters. The molecule has 37 heavy (non-hydrogen) atoms. The monoisotopic (exact) mass is 490 g/mol. The Bertz CT molecular complexity index is 1540. The minimum Gasteiger partial charge on any atom is -0.319 e. The normalized spacial score (nSPS) is 16.4. The van der Waals surface area contributed by atoms with Crippen molar-refractivity contribution in [3.05, 3.63) is 90.1 Å². The van der Waals surface area contributed by atoms with E-state index in [1.807, 2.05) is 69.5 Å². The summed E-state index contributed by atoms with van der Waals surface area (Å²) in [4.78, 5) is 22.7. The van der Waals surface area contributed by atoms with E-state index in [4.69, 9.17) is 4.98 Å². The molecule has 0 spiro atoms. The summed E-state index contributed by atoms with van der Waals surface area (Å²) < 4.78 is 2.10. The largest absolute Gasteiger partial charge is 0.319 e. The van der Waals surface area contributed by atoms with Gasteiger partial charge in [0.05, 0.1) is 42.0 Å². The van der Waals surface area contributed by atoms with Gasteiger partial charge < -0.3 is 4.90 Å². The lowest BCUT2D eigenvalue weighted by atomic mass is 9.82. The molecule has 1 N–H and O–H groups in total. The molecule has 0 bridgehead atoms. The van der Waals surface area contributed by atoms with Gasteiger partial charge in [-0.1, -0.05) is 24.3 Å². The standard InChI is InChI=1S/C31H31N5O/c1-5-36-19-27(26(10-11-29(36)37)21-6-8-25(9-7-21)31(2,3)20-32)28-17-22(12-14-33-28)24-16-23-13-15-34-30(23)35(4)18-24/h6-9,12-19,26H,5,10-11H2,1-4H3/p+1. The molecule has 0 saturated heterocycles. The summed E-state index contributed by atoms with van der Waals surface area (Å²) in [6, 6.07) is 19.1. The highest BCUT2D eigenvalue weighted by molar-refractivity contribution is 5.84. The first-order valence-corrected chi connectivity index (χ1v) is 12.8. The van der Waals surface area contributed by atoms with Crippen LogP contribution in [-0.2, 0) is 17.3 Å². The van der Waals surface area contributed by atoms with Crippen LogP contribution in [0.5, 0.6) is 0 Å². The lowest BCUT2D eigenvalue weighted by Crippen LogP contribution is -2.28. The lowest BCUT2D eigenvalue weighted by Gasteiger charge is -2.22. The molecular formula is C31H32N5O+. The Balaban J connectivity index is 1.59. The van der Waals surface area contributed by atoms with Crippen LogP contribution in [0.25, 0.3) is 27.7 Å². The maximum absolute atomic E-state index is 12.9. The van der Waals surface area contributed by atoms with Crippen molar-refractivity contribution in [3.63, 3.8) is 0 Å². The van der Waals surface area contributed by atoms with Gasteiger partial charge in [-0.25, -0.2) is 9.55 Å². The van der Waals surface area contributed by atoms with Crippen LogP contribution in [0.1, 0.15) is 56.4 Å². The Morgan fingerprint density at radius 3 is 2.68 bits per heavy atom. The number of carbonyl (C=O) groups is 1. The number of nitrogens with zero attached hydrogens (tertiary/aromatic N) is 4. The Morgan fingerprint density at radius 1 is 1.16 bits per heavy atom. The Morgan fingerprint density at radius 2 is 1.95 bits per heavy atom. The third-order valence-corrected chi connectivity index (χ3v) is 7.43. The van der Waals surface area contributed by atoms with Crippen molar-refractivity contribution in [2.75, 3.05) is 6.54 Å². The number of rotatable bonds is 5. The minimum absolute atomic E-state index is 0.0192. The second-order valence-corrected chi connectivity index (χ2v) is 10.3. The zero-order valence-electron chi connectivity index (χ0n) is 21.8. The molecule has 1 amide bonds. The molecule has 1 aliphatic heterocycles. The first-order chi connectivity index (χ1) is 17.8. The molecule has 0 fully saturated rings. The predicted octanol–water partition coefficient (Wildman–Crippen LogP) is 5.62. The average molecular weight is 491 g/mol. The van der Waals surface area contributed by atoms with E-state index in [1.54, 1.807) is 0 Å². The van der Waals surface area contributed by atoms with Crippen LogP contribution in [-0.4, -0.2) is 27.3 Å². The van der Waals surface area contributed by atoms with Crippen LogP contribution in [0.3, 0.4) is 0 Å². The van der Waals surface area contributed by atoms with Crippen molar-refractivity contribution in [1.29, 1.82) is 5.26 Å². The molecule has 0 radical (unpaired) electrons. The van der Waals surface area contributed by atoms with Crippen LogP contribution < -0.4 is 4.57 Å². The van der Waals surface area contributed by atoms with Gasteiger partial charge in [-0.15, -0.1) is 0 Å². The molecule has 1 unspecified atom stereocenters. The van der Waals surface area contributed by atoms with Crippen LogP contribution >= 0.6 is 0 Å². The Kier molecular flexibility index (Phi) is 6.39. The van der Waals surface area contributed by atoms with Crippen molar-refractivity contribution < 1.29 is 9.36 Å². The van der Waals surface area contributed by atoms with Crippen molar-refractivity contribution >= 4 is 22.5 Å². The Hall–Kier alpha value is -4.24. The Labute approximate surface area is 217 Å². The number of aryl methyl sites for hydroxylation is 1. The molecule has 4 aromatic rings. The number of H-pyrrole nitrogens is 1. The molecule has 0 saturated carbocycles. The van der Waals surface area contributed by atoms with E-state index in [0.29, 0.717) is 19.4 Å². The van der Waals surface area contributed by atoms with E-state index in [1.165, 1.54) is 0 Å². The van der Waals surface area contributed by atoms with Gasteiger partial charge in [-0.3, -0.25) is 9.78 Å². The molecule has 186 valence electrons. The zero-order valence-corrected chi connectivity index (χ0v) is 21.8. The summed E-state index contributed by atoms with van der Waals surface area (Å²) in [5.74, 6) is 0.150. The van der Waals surface area contributed by atoms with Crippen molar-refractivity contribution in [1.82, 2.24) is 14.9 Å². The SMILES string of the molecule is CCN1C=C(c2cc(-c3cc4cc[nH]c4[n+](C)c3)ccn2)C(c2ccc(C(C)(C)C#N)cc2)CCC1=O. The second kappa shape index (κ2) is 9.67. The lowest BCUT2D eigenvalue weighted by molar-refractivity contribution is -0.646. The molecule has 1 aliphatic rings. The smallest absolute Gasteiger partial charge is 0.286 e. The predicted molar refractivity (Wildman–Crippen MR) is 145 cm³/mol. The third kappa shape index (κ3) is 4.65. The van der Waals surface area contributed by atoms with Crippen molar-refractivity contribution in [2.45, 2.75) is 44.9 Å². The maximum atomic E-state index is 12.9. The summed E-state index contributed by atoms with van der Waals surface area (Å²) in [7, 11) is 2.04. The topological polar surface area (TPSA) is 76.7 Å². The summed E-state index contributed by atoms with van der Waals surface area (Å²) >= 11 is 0. The van der Waals surface area contributed by atoms with Gasteiger partial charge in [0.2, 0.25) is 5.91 Å². The molecule has 3 aromatic heterocycles. The number of nitriles is 1. The molecular weight excluding hydrogens is 458 g/mol. The van der Waals surface area contributed by atoms with Crippen LogP contribution in [0, 0.1) is 11.3 Å². The van der Waals surface area contributed by atoms with Gasteiger partial charge in [-0.2, -0.15) is 5.26 Å². The molecule has 6 heteroatoms. The number of aromatic nitrogens is 3. The quantitative estimate of drug-likeness (QED) is 0.369. The summed E-state index contributed by atoms with van der Waals surface area (Å²) in [5.41, 5.74) is 6.72. The van der Waals surface area contributed by atoms with Gasteiger partial charge in [-0.05, 0) is 68.1 Å². The van der Waals surface area contributed by atoms with Gasteiger partial charge in [0, 0.05) is 42.4 Å². The number of pyridine rings is 2. The minimum atomic E-state index is -0.553. The number of allylic oxidation sites excluding steroid dienone is 1. The van der Waals surface area contributed by atoms with Crippen molar-refractivity contribution in [2.24, 2.45) is 7.05 Å². The maximum Gasteiger partial charge on any atom is 0.286 e. The van der Waals surface area contributed by atoms with E-state index < -0.39 is 5.41 Å². The highest BCUT2D eigenvalue weighted by Crippen LogP contribution is 2.39. The molecule has 1 aromatic carbocycles. The molecule has 5 rings (SSSR count). The van der Waals surface area contributed by atoms with E-state index >= 15 is 0 Å². The van der Waals surface area contributed by atoms with E-state index in [0.717, 1.165) is 44.6 Å². The highest BCUT2D eigenvalue weighted by atomic mass is 16.2. The number of benzene rings is 1. The number of hydrogen-bond acceptors (Lipinski definition) is 3. The fourth-order valence-corrected chi connectivity index (χ4v) is 5.15. The number of fused-ring (bicyclic) bond motifs is 1. The van der Waals surface area contributed by atoms with E-state index in [2.05, 4.69) is 52.1 Å². The fourth-order valence-electron chi connectivity index (χ4n) is 5.15. The number of nitrogens with one attached hydrogen (secondary N) is 1. The highest BCUT2D eigenvalue weighted by Gasteiger charge is 2.28. The fraction of sp³-hybridized carbons (Fsp3) is 0.290. The van der Waals surface area contributed by atoms with Crippen LogP contribution in [0.4, 0.5) is 0 Å². The first kappa shape index (κ1) is 24.5. The van der Waals surface area contributed by atoms with Gasteiger partial charge in [0.25, 0.3) is 5.65 Å². The summed E-state index contributed by atoms with van der Waals surface area (Å²) in [5, 5.41) is 10.7. The molecule has 6 nitrogen and oxygen atoms in total. The number of hydrogen-bond donors (Lipinski definition) is 1. The molecule has 0 aliphatic carbocycles. The summed E-state index contributed by atoms with van der Waals surface area (Å²) in [6.45, 7) is 6.47. The number of carbonyl (C=O) groups excluding carboxylic acids is 1. The van der Waals surface area contributed by atoms with Gasteiger partial charge in [0.15, 0.2) is 0 Å².